The highest BCUT2D eigenvalue weighted by molar-refractivity contribution is 6.49. The zero-order valence-electron chi connectivity index (χ0n) is 20.4. The van der Waals surface area contributed by atoms with E-state index < -0.39 is 0 Å². The quantitative estimate of drug-likeness (QED) is 0.551. The van der Waals surface area contributed by atoms with Crippen LogP contribution in [0.25, 0.3) is 11.1 Å². The second-order valence-corrected chi connectivity index (χ2v) is 11.0. The van der Waals surface area contributed by atoms with E-state index in [4.69, 9.17) is 14.0 Å². The number of hydrogen-bond donors (Lipinski definition) is 0. The molecule has 0 atom stereocenters. The predicted molar refractivity (Wildman–Crippen MR) is 130 cm³/mol. The van der Waals surface area contributed by atoms with Crippen molar-refractivity contribution in [3.8, 4) is 11.1 Å². The molecule has 2 aromatic carbocycles. The Bertz CT molecular complexity index is 996. The first kappa shape index (κ1) is 22.5. The van der Waals surface area contributed by atoms with Crippen molar-refractivity contribution in [3.63, 3.8) is 0 Å². The molecule has 0 radical (unpaired) electrons. The predicted octanol–water partition coefficient (Wildman–Crippen LogP) is 5.88. The van der Waals surface area contributed by atoms with E-state index in [9.17, 15) is 4.79 Å². The standard InChI is InChI=1S/C27H34BNO4/c1-25(2)26(3,4)33-28(32-25)27(5)14-16-29(17-15-27)24(30)31-18-23-21-12-8-6-10-19(21)20-11-7-9-13-22(20)23/h6-13,23H,14-18H2,1-5H3. The molecule has 0 spiro atoms. The van der Waals surface area contributed by atoms with E-state index in [1.165, 1.54) is 22.3 Å². The molecule has 2 heterocycles. The van der Waals surface area contributed by atoms with Crippen LogP contribution in [0.3, 0.4) is 0 Å². The molecule has 2 saturated heterocycles. The van der Waals surface area contributed by atoms with Gasteiger partial charge in [-0.05, 0) is 62.8 Å². The molecule has 6 heteroatoms. The first-order chi connectivity index (χ1) is 15.6. The number of nitrogens with zero attached hydrogens (tertiary/aromatic N) is 1. The number of fused-ring (bicyclic) bond motifs is 3. The maximum Gasteiger partial charge on any atom is 0.464 e. The fraction of sp³-hybridized carbons (Fsp3) is 0.519. The van der Waals surface area contributed by atoms with Gasteiger partial charge in [0.25, 0.3) is 0 Å². The number of hydrogen-bond acceptors (Lipinski definition) is 4. The molecule has 174 valence electrons. The van der Waals surface area contributed by atoms with Gasteiger partial charge in [0.2, 0.25) is 0 Å². The van der Waals surface area contributed by atoms with Gasteiger partial charge >= 0.3 is 13.2 Å². The lowest BCUT2D eigenvalue weighted by atomic mass is 9.54. The Morgan fingerprint density at radius 1 is 0.909 bits per heavy atom. The number of carbonyl (C=O) groups excluding carboxylic acids is 1. The fourth-order valence-corrected chi connectivity index (χ4v) is 5.25. The van der Waals surface area contributed by atoms with E-state index >= 15 is 0 Å². The number of carbonyl (C=O) groups is 1. The summed E-state index contributed by atoms with van der Waals surface area (Å²) >= 11 is 0. The molecule has 0 aromatic heterocycles. The molecule has 3 aliphatic rings. The van der Waals surface area contributed by atoms with Crippen LogP contribution in [0.2, 0.25) is 5.31 Å². The minimum Gasteiger partial charge on any atom is -0.448 e. The maximum atomic E-state index is 13.0. The van der Waals surface area contributed by atoms with Gasteiger partial charge in [0, 0.05) is 24.3 Å². The summed E-state index contributed by atoms with van der Waals surface area (Å²) in [6.45, 7) is 12.2. The summed E-state index contributed by atoms with van der Waals surface area (Å²) in [7, 11) is -0.257. The van der Waals surface area contributed by atoms with Crippen molar-refractivity contribution in [2.75, 3.05) is 19.7 Å². The highest BCUT2D eigenvalue weighted by Gasteiger charge is 2.58. The molecule has 33 heavy (non-hydrogen) atoms. The molecule has 0 N–H and O–H groups in total. The first-order valence-electron chi connectivity index (χ1n) is 12.1. The Morgan fingerprint density at radius 3 is 1.91 bits per heavy atom. The van der Waals surface area contributed by atoms with Gasteiger partial charge in [0.1, 0.15) is 6.61 Å². The number of amides is 1. The van der Waals surface area contributed by atoms with Gasteiger partial charge in [-0.1, -0.05) is 55.5 Å². The minimum atomic E-state index is -0.343. The SMILES string of the molecule is CC1(B2OC(C)(C)C(C)(C)O2)CCN(C(=O)OCC2c3ccccc3-c3ccccc32)CC1. The molecule has 1 aliphatic carbocycles. The normalized spacial score (nSPS) is 22.7. The van der Waals surface area contributed by atoms with Crippen molar-refractivity contribution in [2.24, 2.45) is 0 Å². The fourth-order valence-electron chi connectivity index (χ4n) is 5.25. The molecular weight excluding hydrogens is 413 g/mol. The van der Waals surface area contributed by atoms with E-state index in [0.717, 1.165) is 12.8 Å². The van der Waals surface area contributed by atoms with Crippen LogP contribution in [-0.2, 0) is 14.0 Å². The molecule has 2 aromatic rings. The maximum absolute atomic E-state index is 13.0. The zero-order chi connectivity index (χ0) is 23.4. The first-order valence-corrected chi connectivity index (χ1v) is 12.1. The molecule has 2 fully saturated rings. The lowest BCUT2D eigenvalue weighted by molar-refractivity contribution is 0.00578. The highest BCUT2D eigenvalue weighted by atomic mass is 16.7. The van der Waals surface area contributed by atoms with Gasteiger partial charge in [-0.3, -0.25) is 0 Å². The Hall–Kier alpha value is -2.31. The topological polar surface area (TPSA) is 48.0 Å². The van der Waals surface area contributed by atoms with Crippen molar-refractivity contribution in [3.05, 3.63) is 59.7 Å². The van der Waals surface area contributed by atoms with Gasteiger partial charge in [-0.15, -0.1) is 0 Å². The summed E-state index contributed by atoms with van der Waals surface area (Å²) in [6, 6.07) is 16.8. The van der Waals surface area contributed by atoms with Gasteiger partial charge in [-0.25, -0.2) is 4.79 Å². The second-order valence-electron chi connectivity index (χ2n) is 11.0. The number of ether oxygens (including phenoxy) is 1. The number of piperidine rings is 1. The van der Waals surface area contributed by atoms with Crippen molar-refractivity contribution < 1.29 is 18.8 Å². The molecule has 2 aliphatic heterocycles. The molecule has 0 bridgehead atoms. The molecule has 0 saturated carbocycles. The lowest BCUT2D eigenvalue weighted by Crippen LogP contribution is -2.46. The Balaban J connectivity index is 1.21. The average molecular weight is 447 g/mol. The number of benzene rings is 2. The minimum absolute atomic E-state index is 0.0844. The smallest absolute Gasteiger partial charge is 0.448 e. The third-order valence-corrected chi connectivity index (χ3v) is 8.32. The molecule has 5 rings (SSSR count). The van der Waals surface area contributed by atoms with Crippen LogP contribution in [0.5, 0.6) is 0 Å². The summed E-state index contributed by atoms with van der Waals surface area (Å²) in [5, 5.41) is -0.120. The Labute approximate surface area is 197 Å². The monoisotopic (exact) mass is 447 g/mol. The molecular formula is C27H34BNO4. The zero-order valence-corrected chi connectivity index (χ0v) is 20.4. The molecule has 5 nitrogen and oxygen atoms in total. The van der Waals surface area contributed by atoms with Crippen LogP contribution >= 0.6 is 0 Å². The summed E-state index contributed by atoms with van der Waals surface area (Å²) in [4.78, 5) is 14.8. The number of likely N-dealkylation sites (tertiary alicyclic amines) is 1. The van der Waals surface area contributed by atoms with Crippen LogP contribution in [0, 0.1) is 0 Å². The van der Waals surface area contributed by atoms with Gasteiger partial charge < -0.3 is 18.9 Å². The largest absolute Gasteiger partial charge is 0.464 e. The summed E-state index contributed by atoms with van der Waals surface area (Å²) in [5.74, 6) is 0.0844. The van der Waals surface area contributed by atoms with Gasteiger partial charge in [-0.2, -0.15) is 0 Å². The Kier molecular flexibility index (Phi) is 5.37. The van der Waals surface area contributed by atoms with Gasteiger partial charge in [0.15, 0.2) is 0 Å². The molecule has 0 unspecified atom stereocenters. The van der Waals surface area contributed by atoms with Gasteiger partial charge in [0.05, 0.1) is 11.2 Å². The van der Waals surface area contributed by atoms with E-state index in [2.05, 4.69) is 83.1 Å². The summed E-state index contributed by atoms with van der Waals surface area (Å²) < 4.78 is 18.5. The van der Waals surface area contributed by atoms with Crippen LogP contribution in [0.15, 0.2) is 48.5 Å². The highest BCUT2D eigenvalue weighted by Crippen LogP contribution is 2.50. The van der Waals surface area contributed by atoms with E-state index in [-0.39, 0.29) is 35.6 Å². The van der Waals surface area contributed by atoms with Crippen molar-refractivity contribution >= 4 is 13.2 Å². The second kappa shape index (κ2) is 7.88. The third-order valence-electron chi connectivity index (χ3n) is 8.32. The lowest BCUT2D eigenvalue weighted by Gasteiger charge is -2.39. The van der Waals surface area contributed by atoms with Crippen LogP contribution in [0.1, 0.15) is 64.5 Å². The van der Waals surface area contributed by atoms with E-state index in [0.29, 0.717) is 19.7 Å². The van der Waals surface area contributed by atoms with E-state index in [1.807, 2.05) is 4.90 Å². The summed E-state index contributed by atoms with van der Waals surface area (Å²) in [5.41, 5.74) is 4.27. The van der Waals surface area contributed by atoms with Crippen LogP contribution in [-0.4, -0.2) is 49.0 Å². The molecule has 1 amide bonds. The Morgan fingerprint density at radius 2 is 1.39 bits per heavy atom. The number of rotatable bonds is 3. The van der Waals surface area contributed by atoms with E-state index in [1.54, 1.807) is 0 Å². The van der Waals surface area contributed by atoms with Crippen LogP contribution in [0.4, 0.5) is 4.79 Å². The summed E-state index contributed by atoms with van der Waals surface area (Å²) in [6.07, 6.45) is 1.43. The van der Waals surface area contributed by atoms with Crippen molar-refractivity contribution in [2.45, 2.75) is 69.9 Å². The average Bonchev–Trinajstić information content (AvgIpc) is 3.23. The third kappa shape index (κ3) is 3.77. The van der Waals surface area contributed by atoms with Crippen LogP contribution < -0.4 is 0 Å². The van der Waals surface area contributed by atoms with Crippen molar-refractivity contribution in [1.82, 2.24) is 4.90 Å². The van der Waals surface area contributed by atoms with Crippen molar-refractivity contribution in [1.29, 1.82) is 0 Å².